The molecule has 0 atom stereocenters. The van der Waals surface area contributed by atoms with Gasteiger partial charge in [0, 0.05) is 14.4 Å². The van der Waals surface area contributed by atoms with Gasteiger partial charge in [-0.3, -0.25) is 0 Å². The van der Waals surface area contributed by atoms with E-state index < -0.39 is 0 Å². The van der Waals surface area contributed by atoms with E-state index in [4.69, 9.17) is 0 Å². The minimum atomic E-state index is 0.0251. The third-order valence-corrected chi connectivity index (χ3v) is 6.50. The van der Waals surface area contributed by atoms with Gasteiger partial charge in [-0.2, -0.15) is 0 Å². The van der Waals surface area contributed by atoms with Crippen molar-refractivity contribution in [1.82, 2.24) is 0 Å². The van der Waals surface area contributed by atoms with Crippen molar-refractivity contribution in [3.63, 3.8) is 0 Å². The van der Waals surface area contributed by atoms with Crippen molar-refractivity contribution < 1.29 is 0 Å². The molecule has 0 saturated carbocycles. The molecule has 2 heteroatoms. The molecule has 0 N–H and O–H groups in total. The minimum Gasteiger partial charge on any atom is -0.0532 e. The lowest BCUT2D eigenvalue weighted by Gasteiger charge is -2.22. The molecule has 0 spiro atoms. The summed E-state index contributed by atoms with van der Waals surface area (Å²) in [5.41, 5.74) is 5.58. The summed E-state index contributed by atoms with van der Waals surface area (Å²) in [4.78, 5) is 0. The van der Waals surface area contributed by atoms with Crippen molar-refractivity contribution in [3.05, 3.63) is 80.7 Å². The Kier molecular flexibility index (Phi) is 3.24. The van der Waals surface area contributed by atoms with Crippen molar-refractivity contribution in [2.45, 2.75) is 19.3 Å². The quantitative estimate of drug-likeness (QED) is 0.239. The molecule has 0 bridgehead atoms. The highest BCUT2D eigenvalue weighted by molar-refractivity contribution is 9.10. The molecular formula is C23H16Br2. The van der Waals surface area contributed by atoms with E-state index in [9.17, 15) is 0 Å². The van der Waals surface area contributed by atoms with Gasteiger partial charge in [-0.15, -0.1) is 0 Å². The first-order valence-corrected chi connectivity index (χ1v) is 10.00. The van der Waals surface area contributed by atoms with Crippen molar-refractivity contribution in [3.8, 4) is 11.1 Å². The number of benzene rings is 4. The smallest absolute Gasteiger partial charge is 0.0181 e. The number of hydrogen-bond acceptors (Lipinski definition) is 0. The molecule has 1 aliphatic rings. The maximum absolute atomic E-state index is 3.64. The van der Waals surface area contributed by atoms with E-state index >= 15 is 0 Å². The Hall–Kier alpha value is -1.64. The molecule has 5 rings (SSSR count). The molecule has 0 saturated heterocycles. The van der Waals surface area contributed by atoms with E-state index in [2.05, 4.69) is 106 Å². The van der Waals surface area contributed by atoms with Crippen LogP contribution < -0.4 is 0 Å². The highest BCUT2D eigenvalue weighted by atomic mass is 79.9. The SMILES string of the molecule is CC1(C)c2cc(Br)ccc2-c2cc3cc4cc(Br)ccc4cc3cc21. The van der Waals surface area contributed by atoms with Gasteiger partial charge in [0.05, 0.1) is 0 Å². The number of halogens is 2. The Morgan fingerprint density at radius 1 is 0.560 bits per heavy atom. The highest BCUT2D eigenvalue weighted by Crippen LogP contribution is 2.50. The monoisotopic (exact) mass is 450 g/mol. The summed E-state index contributed by atoms with van der Waals surface area (Å²) in [6, 6.07) is 22.5. The summed E-state index contributed by atoms with van der Waals surface area (Å²) in [5, 5.41) is 5.17. The highest BCUT2D eigenvalue weighted by Gasteiger charge is 2.35. The summed E-state index contributed by atoms with van der Waals surface area (Å²) in [5.74, 6) is 0. The second-order valence-corrected chi connectivity index (χ2v) is 9.23. The summed E-state index contributed by atoms with van der Waals surface area (Å²) in [6.45, 7) is 4.65. The summed E-state index contributed by atoms with van der Waals surface area (Å²) < 4.78 is 2.27. The molecule has 0 heterocycles. The van der Waals surface area contributed by atoms with Gasteiger partial charge in [-0.25, -0.2) is 0 Å². The number of rotatable bonds is 0. The molecule has 0 nitrogen and oxygen atoms in total. The van der Waals surface area contributed by atoms with E-state index in [1.165, 1.54) is 43.8 Å². The Morgan fingerprint density at radius 2 is 1.16 bits per heavy atom. The lowest BCUT2D eigenvalue weighted by atomic mass is 9.82. The molecule has 4 aromatic rings. The topological polar surface area (TPSA) is 0 Å². The molecule has 0 fully saturated rings. The maximum atomic E-state index is 3.64. The molecule has 4 aromatic carbocycles. The van der Waals surface area contributed by atoms with Crippen LogP contribution in [0.25, 0.3) is 32.7 Å². The van der Waals surface area contributed by atoms with E-state index in [-0.39, 0.29) is 5.41 Å². The van der Waals surface area contributed by atoms with Crippen LogP contribution in [0.5, 0.6) is 0 Å². The van der Waals surface area contributed by atoms with Gasteiger partial charge in [0.1, 0.15) is 0 Å². The van der Waals surface area contributed by atoms with Crippen molar-refractivity contribution >= 4 is 53.4 Å². The van der Waals surface area contributed by atoms with Gasteiger partial charge in [-0.1, -0.05) is 57.8 Å². The van der Waals surface area contributed by atoms with Crippen LogP contribution in [0.3, 0.4) is 0 Å². The van der Waals surface area contributed by atoms with Crippen LogP contribution in [0.15, 0.2) is 69.6 Å². The van der Waals surface area contributed by atoms with Crippen molar-refractivity contribution in [2.75, 3.05) is 0 Å². The first-order chi connectivity index (χ1) is 11.9. The molecule has 1 aliphatic carbocycles. The van der Waals surface area contributed by atoms with Gasteiger partial charge < -0.3 is 0 Å². The lowest BCUT2D eigenvalue weighted by molar-refractivity contribution is 0.661. The standard InChI is InChI=1S/C23H16Br2/c1-23(2)21-11-16-7-13-3-4-17(24)9-14(13)8-15(16)10-20(21)19-6-5-18(25)12-22(19)23/h3-12H,1-2H3. The zero-order valence-electron chi connectivity index (χ0n) is 14.0. The van der Waals surface area contributed by atoms with Crippen molar-refractivity contribution in [1.29, 1.82) is 0 Å². The molecule has 0 aliphatic heterocycles. The molecule has 0 aromatic heterocycles. The van der Waals surface area contributed by atoms with E-state index in [0.29, 0.717) is 0 Å². The Bertz CT molecular complexity index is 1190. The molecule has 122 valence electrons. The zero-order chi connectivity index (χ0) is 17.3. The van der Waals surface area contributed by atoms with Gasteiger partial charge in [-0.05, 0) is 92.3 Å². The first kappa shape index (κ1) is 15.6. The lowest BCUT2D eigenvalue weighted by Crippen LogP contribution is -2.14. The van der Waals surface area contributed by atoms with Gasteiger partial charge in [0.15, 0.2) is 0 Å². The Balaban J connectivity index is 1.86. The predicted molar refractivity (Wildman–Crippen MR) is 114 cm³/mol. The van der Waals surface area contributed by atoms with Crippen LogP contribution in [0.4, 0.5) is 0 Å². The van der Waals surface area contributed by atoms with Crippen molar-refractivity contribution in [2.24, 2.45) is 0 Å². The fourth-order valence-electron chi connectivity index (χ4n) is 4.17. The molecule has 0 amide bonds. The molecule has 25 heavy (non-hydrogen) atoms. The van der Waals surface area contributed by atoms with E-state index in [0.717, 1.165) is 8.95 Å². The van der Waals surface area contributed by atoms with Gasteiger partial charge in [0.25, 0.3) is 0 Å². The zero-order valence-corrected chi connectivity index (χ0v) is 17.2. The summed E-state index contributed by atoms with van der Waals surface area (Å²) in [7, 11) is 0. The molecular weight excluding hydrogens is 436 g/mol. The average Bonchev–Trinajstić information content (AvgIpc) is 2.78. The second-order valence-electron chi connectivity index (χ2n) is 7.40. The normalized spacial score (nSPS) is 14.7. The van der Waals surface area contributed by atoms with Crippen LogP contribution in [0.1, 0.15) is 25.0 Å². The fourth-order valence-corrected chi connectivity index (χ4v) is 4.91. The van der Waals surface area contributed by atoms with Crippen LogP contribution >= 0.6 is 31.9 Å². The van der Waals surface area contributed by atoms with Crippen LogP contribution in [-0.4, -0.2) is 0 Å². The average molecular weight is 452 g/mol. The third kappa shape index (κ3) is 2.24. The van der Waals surface area contributed by atoms with Crippen LogP contribution in [0, 0.1) is 0 Å². The minimum absolute atomic E-state index is 0.0251. The van der Waals surface area contributed by atoms with E-state index in [1.807, 2.05) is 0 Å². The van der Waals surface area contributed by atoms with Crippen LogP contribution in [-0.2, 0) is 5.41 Å². The van der Waals surface area contributed by atoms with Gasteiger partial charge in [0.2, 0.25) is 0 Å². The largest absolute Gasteiger partial charge is 0.0532 e. The second kappa shape index (κ2) is 5.18. The number of hydrogen-bond donors (Lipinski definition) is 0. The van der Waals surface area contributed by atoms with E-state index in [1.54, 1.807) is 0 Å². The van der Waals surface area contributed by atoms with Crippen LogP contribution in [0.2, 0.25) is 0 Å². The fraction of sp³-hybridized carbons (Fsp3) is 0.130. The predicted octanol–water partition coefficient (Wildman–Crippen LogP) is 7.82. The van der Waals surface area contributed by atoms with Gasteiger partial charge >= 0.3 is 0 Å². The Morgan fingerprint density at radius 3 is 2.00 bits per heavy atom. The molecule has 0 radical (unpaired) electrons. The number of fused-ring (bicyclic) bond motifs is 5. The molecule has 0 unspecified atom stereocenters. The third-order valence-electron chi connectivity index (χ3n) is 5.51. The maximum Gasteiger partial charge on any atom is 0.0181 e. The summed E-state index contributed by atoms with van der Waals surface area (Å²) >= 11 is 7.22. The Labute approximate surface area is 164 Å². The first-order valence-electron chi connectivity index (χ1n) is 8.41. The summed E-state index contributed by atoms with van der Waals surface area (Å²) in [6.07, 6.45) is 0.